The molecule has 2 heterocycles. The van der Waals surface area contributed by atoms with E-state index in [1.807, 2.05) is 0 Å². The van der Waals surface area contributed by atoms with Gasteiger partial charge >= 0.3 is 0 Å². The van der Waals surface area contributed by atoms with Crippen molar-refractivity contribution in [3.63, 3.8) is 0 Å². The van der Waals surface area contributed by atoms with Gasteiger partial charge in [0.2, 0.25) is 11.8 Å². The lowest BCUT2D eigenvalue weighted by Crippen LogP contribution is -2.22. The summed E-state index contributed by atoms with van der Waals surface area (Å²) in [7, 11) is 0. The predicted molar refractivity (Wildman–Crippen MR) is 78.3 cm³/mol. The molecule has 1 aromatic carbocycles. The zero-order chi connectivity index (χ0) is 15.4. The van der Waals surface area contributed by atoms with Crippen LogP contribution in [0.4, 0.5) is 10.1 Å². The first-order valence-electron chi connectivity index (χ1n) is 6.99. The maximum Gasteiger partial charge on any atom is 0.229 e. The van der Waals surface area contributed by atoms with E-state index in [0.717, 1.165) is 6.42 Å². The van der Waals surface area contributed by atoms with Crippen LogP contribution in [0.15, 0.2) is 42.6 Å². The molecule has 22 heavy (non-hydrogen) atoms. The van der Waals surface area contributed by atoms with E-state index in [9.17, 15) is 9.18 Å². The summed E-state index contributed by atoms with van der Waals surface area (Å²) in [5.74, 6) is 0.374. The molecule has 1 fully saturated rings. The highest BCUT2D eigenvalue weighted by atomic mass is 19.1. The molecule has 3 rings (SSSR count). The summed E-state index contributed by atoms with van der Waals surface area (Å²) in [5, 5.41) is 2.80. The predicted octanol–water partition coefficient (Wildman–Crippen LogP) is 2.99. The van der Waals surface area contributed by atoms with Crippen molar-refractivity contribution < 1.29 is 18.7 Å². The van der Waals surface area contributed by atoms with Crippen molar-refractivity contribution in [1.29, 1.82) is 0 Å². The van der Waals surface area contributed by atoms with Crippen LogP contribution < -0.4 is 10.1 Å². The zero-order valence-corrected chi connectivity index (χ0v) is 11.8. The second-order valence-electron chi connectivity index (χ2n) is 4.99. The third kappa shape index (κ3) is 3.59. The number of carbonyl (C=O) groups is 1. The van der Waals surface area contributed by atoms with E-state index in [1.165, 1.54) is 30.5 Å². The van der Waals surface area contributed by atoms with Crippen molar-refractivity contribution in [2.75, 3.05) is 18.5 Å². The summed E-state index contributed by atoms with van der Waals surface area (Å²) in [6.07, 6.45) is 2.26. The summed E-state index contributed by atoms with van der Waals surface area (Å²) in [5.41, 5.74) is 0.600. The van der Waals surface area contributed by atoms with Gasteiger partial charge in [0.25, 0.3) is 0 Å². The van der Waals surface area contributed by atoms with Gasteiger partial charge in [0.05, 0.1) is 24.4 Å². The quantitative estimate of drug-likeness (QED) is 0.943. The highest BCUT2D eigenvalue weighted by Crippen LogP contribution is 2.21. The number of amides is 1. The van der Waals surface area contributed by atoms with Gasteiger partial charge in [-0.25, -0.2) is 9.37 Å². The van der Waals surface area contributed by atoms with Gasteiger partial charge in [0.15, 0.2) is 0 Å². The first-order chi connectivity index (χ1) is 10.7. The van der Waals surface area contributed by atoms with E-state index in [0.29, 0.717) is 30.5 Å². The molecular formula is C16H15FN2O3. The SMILES string of the molecule is O=C(Nc1ccc(Oc2ccc(F)cc2)nc1)C1CCOC1. The number of aromatic nitrogens is 1. The van der Waals surface area contributed by atoms with Gasteiger partial charge in [0, 0.05) is 12.7 Å². The highest BCUT2D eigenvalue weighted by molar-refractivity contribution is 5.92. The first kappa shape index (κ1) is 14.5. The summed E-state index contributed by atoms with van der Waals surface area (Å²) >= 11 is 0. The molecule has 1 N–H and O–H groups in total. The summed E-state index contributed by atoms with van der Waals surface area (Å²) in [6.45, 7) is 1.09. The smallest absolute Gasteiger partial charge is 0.229 e. The van der Waals surface area contributed by atoms with Gasteiger partial charge in [-0.3, -0.25) is 4.79 Å². The largest absolute Gasteiger partial charge is 0.439 e. The molecule has 6 heteroatoms. The van der Waals surface area contributed by atoms with Crippen LogP contribution in [-0.4, -0.2) is 24.1 Å². The van der Waals surface area contributed by atoms with Crippen LogP contribution in [0.1, 0.15) is 6.42 Å². The maximum atomic E-state index is 12.8. The number of nitrogens with zero attached hydrogens (tertiary/aromatic N) is 1. The Morgan fingerprint density at radius 1 is 1.27 bits per heavy atom. The third-order valence-electron chi connectivity index (χ3n) is 3.34. The minimum absolute atomic E-state index is 0.0634. The molecule has 0 spiro atoms. The molecule has 2 aromatic rings. The van der Waals surface area contributed by atoms with Crippen molar-refractivity contribution in [3.8, 4) is 11.6 Å². The molecule has 1 saturated heterocycles. The van der Waals surface area contributed by atoms with E-state index >= 15 is 0 Å². The fourth-order valence-corrected chi connectivity index (χ4v) is 2.12. The van der Waals surface area contributed by atoms with E-state index in [-0.39, 0.29) is 17.6 Å². The maximum absolute atomic E-state index is 12.8. The Labute approximate surface area is 127 Å². The average Bonchev–Trinajstić information content (AvgIpc) is 3.06. The van der Waals surface area contributed by atoms with Crippen LogP contribution in [0.25, 0.3) is 0 Å². The first-order valence-corrected chi connectivity index (χ1v) is 6.99. The number of pyridine rings is 1. The summed E-state index contributed by atoms with van der Waals surface area (Å²) in [4.78, 5) is 16.1. The number of nitrogens with one attached hydrogen (secondary N) is 1. The Bertz CT molecular complexity index is 637. The third-order valence-corrected chi connectivity index (χ3v) is 3.34. The zero-order valence-electron chi connectivity index (χ0n) is 11.8. The Hall–Kier alpha value is -2.47. The fourth-order valence-electron chi connectivity index (χ4n) is 2.12. The van der Waals surface area contributed by atoms with Crippen molar-refractivity contribution in [1.82, 2.24) is 4.98 Å². The lowest BCUT2D eigenvalue weighted by Gasteiger charge is -2.09. The van der Waals surface area contributed by atoms with E-state index in [1.54, 1.807) is 12.1 Å². The van der Waals surface area contributed by atoms with Crippen LogP contribution in [0.3, 0.4) is 0 Å². The fraction of sp³-hybridized carbons (Fsp3) is 0.250. The Balaban J connectivity index is 1.60. The standard InChI is InChI=1S/C16H15FN2O3/c17-12-1-4-14(5-2-12)22-15-6-3-13(9-18-15)19-16(20)11-7-8-21-10-11/h1-6,9,11H,7-8,10H2,(H,19,20). The van der Waals surface area contributed by atoms with E-state index in [2.05, 4.69) is 10.3 Å². The average molecular weight is 302 g/mol. The number of hydrogen-bond donors (Lipinski definition) is 1. The number of ether oxygens (including phenoxy) is 2. The minimum Gasteiger partial charge on any atom is -0.439 e. The number of anilines is 1. The second-order valence-corrected chi connectivity index (χ2v) is 4.99. The van der Waals surface area contributed by atoms with Crippen LogP contribution in [-0.2, 0) is 9.53 Å². The van der Waals surface area contributed by atoms with E-state index in [4.69, 9.17) is 9.47 Å². The molecule has 1 amide bonds. The molecule has 0 bridgehead atoms. The summed E-state index contributed by atoms with van der Waals surface area (Å²) < 4.78 is 23.5. The van der Waals surface area contributed by atoms with Gasteiger partial charge in [-0.05, 0) is 36.8 Å². The number of rotatable bonds is 4. The lowest BCUT2D eigenvalue weighted by molar-refractivity contribution is -0.119. The van der Waals surface area contributed by atoms with Crippen LogP contribution in [0.5, 0.6) is 11.6 Å². The van der Waals surface area contributed by atoms with Gasteiger partial charge in [-0.1, -0.05) is 0 Å². The highest BCUT2D eigenvalue weighted by Gasteiger charge is 2.23. The van der Waals surface area contributed by atoms with E-state index < -0.39 is 0 Å². The molecular weight excluding hydrogens is 287 g/mol. The summed E-state index contributed by atoms with van der Waals surface area (Å²) in [6, 6.07) is 9.02. The monoisotopic (exact) mass is 302 g/mol. The Morgan fingerprint density at radius 3 is 2.73 bits per heavy atom. The van der Waals surface area contributed by atoms with Crippen LogP contribution >= 0.6 is 0 Å². The number of hydrogen-bond acceptors (Lipinski definition) is 4. The van der Waals surface area contributed by atoms with Crippen molar-refractivity contribution in [2.45, 2.75) is 6.42 Å². The molecule has 1 aromatic heterocycles. The Morgan fingerprint density at radius 2 is 2.09 bits per heavy atom. The number of halogens is 1. The second kappa shape index (κ2) is 6.53. The van der Waals surface area contributed by atoms with Gasteiger partial charge in [0.1, 0.15) is 11.6 Å². The number of carbonyl (C=O) groups excluding carboxylic acids is 1. The van der Waals surface area contributed by atoms with Crippen LogP contribution in [0, 0.1) is 11.7 Å². The molecule has 1 aliphatic rings. The van der Waals surface area contributed by atoms with Gasteiger partial charge in [-0.2, -0.15) is 0 Å². The van der Waals surface area contributed by atoms with Gasteiger partial charge in [-0.15, -0.1) is 0 Å². The van der Waals surface area contributed by atoms with Crippen LogP contribution in [0.2, 0.25) is 0 Å². The van der Waals surface area contributed by atoms with Gasteiger partial charge < -0.3 is 14.8 Å². The molecule has 5 nitrogen and oxygen atoms in total. The molecule has 1 atom stereocenters. The van der Waals surface area contributed by atoms with Crippen molar-refractivity contribution >= 4 is 11.6 Å². The molecule has 1 aliphatic heterocycles. The van der Waals surface area contributed by atoms with Crippen molar-refractivity contribution in [2.24, 2.45) is 5.92 Å². The Kier molecular flexibility index (Phi) is 4.29. The molecule has 0 aliphatic carbocycles. The van der Waals surface area contributed by atoms with Crippen molar-refractivity contribution in [3.05, 3.63) is 48.4 Å². The number of benzene rings is 1. The molecule has 1 unspecified atom stereocenters. The lowest BCUT2D eigenvalue weighted by atomic mass is 10.1. The normalized spacial score (nSPS) is 17.2. The molecule has 114 valence electrons. The topological polar surface area (TPSA) is 60.5 Å². The minimum atomic E-state index is -0.325. The molecule has 0 radical (unpaired) electrons. The molecule has 0 saturated carbocycles.